The van der Waals surface area contributed by atoms with Crippen molar-refractivity contribution in [1.29, 1.82) is 0 Å². The summed E-state index contributed by atoms with van der Waals surface area (Å²) in [6.07, 6.45) is -0.330. The molecular formula is C17H4F12O4S2. The molecule has 35 heavy (non-hydrogen) atoms. The van der Waals surface area contributed by atoms with Crippen LogP contribution in [-0.4, -0.2) is 21.9 Å². The molecule has 0 radical (unpaired) electrons. The second-order valence-electron chi connectivity index (χ2n) is 6.21. The molecule has 0 aromatic heterocycles. The number of benzene rings is 2. The average Bonchev–Trinajstić information content (AvgIpc) is 2.77. The molecule has 0 saturated carbocycles. The number of sulfone groups is 2. The van der Waals surface area contributed by atoms with E-state index < -0.39 is 110 Å². The van der Waals surface area contributed by atoms with Gasteiger partial charge in [0.2, 0.25) is 21.5 Å². The third kappa shape index (κ3) is 5.16. The maximum Gasteiger partial charge on any atom is 0.251 e. The SMILES string of the molecule is O=S(=O)(/C=C\c1c(F)c(F)c(F)c(F)c1F)CS(=O)(=O)/C(F)=C(/F)c1c(F)c(F)c(F)c(F)c1F. The molecule has 0 atom stereocenters. The summed E-state index contributed by atoms with van der Waals surface area (Å²) < 4.78 is 208. The fourth-order valence-corrected chi connectivity index (χ4v) is 5.46. The molecule has 0 saturated heterocycles. The van der Waals surface area contributed by atoms with Gasteiger partial charge >= 0.3 is 0 Å². The highest BCUT2D eigenvalue weighted by molar-refractivity contribution is 8.11. The lowest BCUT2D eigenvalue weighted by molar-refractivity contribution is 0.374. The smallest absolute Gasteiger partial charge is 0.223 e. The first-order valence-corrected chi connectivity index (χ1v) is 11.4. The van der Waals surface area contributed by atoms with Crippen LogP contribution < -0.4 is 0 Å². The lowest BCUT2D eigenvalue weighted by Crippen LogP contribution is -2.16. The fourth-order valence-electron chi connectivity index (χ4n) is 2.28. The molecular weight excluding hydrogens is 560 g/mol. The van der Waals surface area contributed by atoms with E-state index in [4.69, 9.17) is 0 Å². The molecule has 0 bridgehead atoms. The van der Waals surface area contributed by atoms with E-state index in [9.17, 15) is 69.5 Å². The van der Waals surface area contributed by atoms with E-state index >= 15 is 0 Å². The second kappa shape index (κ2) is 9.56. The first-order chi connectivity index (χ1) is 15.9. The van der Waals surface area contributed by atoms with Crippen molar-refractivity contribution < 1.29 is 69.5 Å². The maximum absolute atomic E-state index is 14.1. The van der Waals surface area contributed by atoms with Crippen LogP contribution in [0.2, 0.25) is 0 Å². The van der Waals surface area contributed by atoms with Crippen molar-refractivity contribution >= 4 is 31.6 Å². The molecule has 4 nitrogen and oxygen atoms in total. The fraction of sp³-hybridized carbons (Fsp3) is 0.0588. The number of halogens is 12. The molecule has 0 aliphatic rings. The highest BCUT2D eigenvalue weighted by atomic mass is 32.3. The van der Waals surface area contributed by atoms with Gasteiger partial charge in [-0.1, -0.05) is 0 Å². The Morgan fingerprint density at radius 2 is 0.914 bits per heavy atom. The van der Waals surface area contributed by atoms with Gasteiger partial charge in [-0.3, -0.25) is 0 Å². The molecule has 2 rings (SSSR count). The lowest BCUT2D eigenvalue weighted by Gasteiger charge is -2.08. The van der Waals surface area contributed by atoms with Gasteiger partial charge in [0.25, 0.3) is 5.16 Å². The monoisotopic (exact) mass is 564 g/mol. The van der Waals surface area contributed by atoms with Crippen LogP contribution in [0.5, 0.6) is 0 Å². The van der Waals surface area contributed by atoms with Crippen LogP contribution in [0.15, 0.2) is 10.6 Å². The van der Waals surface area contributed by atoms with Gasteiger partial charge < -0.3 is 0 Å². The largest absolute Gasteiger partial charge is 0.251 e. The third-order valence-electron chi connectivity index (χ3n) is 3.88. The van der Waals surface area contributed by atoms with E-state index in [-0.39, 0.29) is 6.08 Å². The van der Waals surface area contributed by atoms with Gasteiger partial charge in [0.05, 0.1) is 11.1 Å². The lowest BCUT2D eigenvalue weighted by atomic mass is 10.1. The van der Waals surface area contributed by atoms with Crippen LogP contribution in [0.4, 0.5) is 52.7 Å². The van der Waals surface area contributed by atoms with Crippen LogP contribution in [0.25, 0.3) is 11.9 Å². The van der Waals surface area contributed by atoms with Crippen LogP contribution in [-0.2, 0) is 19.7 Å². The van der Waals surface area contributed by atoms with Crippen molar-refractivity contribution in [3.63, 3.8) is 0 Å². The normalized spacial score (nSPS) is 13.5. The predicted molar refractivity (Wildman–Crippen MR) is 93.3 cm³/mol. The Bertz CT molecular complexity index is 1450. The van der Waals surface area contributed by atoms with Crippen LogP contribution >= 0.6 is 0 Å². The van der Waals surface area contributed by atoms with Crippen molar-refractivity contribution in [2.75, 3.05) is 5.08 Å². The molecule has 0 spiro atoms. The molecule has 0 unspecified atom stereocenters. The summed E-state index contributed by atoms with van der Waals surface area (Å²) in [5, 5.41) is -6.40. The Kier molecular flexibility index (Phi) is 7.70. The Morgan fingerprint density at radius 3 is 1.31 bits per heavy atom. The molecule has 0 aliphatic carbocycles. The number of rotatable bonds is 6. The quantitative estimate of drug-likeness (QED) is 0.278. The standard InChI is InChI=1S/C17H4F12O4S2/c18-6-4(7(19)12(24)15(27)11(6)23)1-2-34(30,31)3-35(32,33)17(29)10(22)5-8(20)13(25)16(28)14(26)9(5)21/h1-2H,3H2/b2-1-,17-10+. The molecule has 2 aromatic carbocycles. The topological polar surface area (TPSA) is 68.3 Å². The molecule has 0 aliphatic heterocycles. The predicted octanol–water partition coefficient (Wildman–Crippen LogP) is 5.10. The van der Waals surface area contributed by atoms with Crippen molar-refractivity contribution in [2.45, 2.75) is 0 Å². The minimum absolute atomic E-state index is 0.330. The third-order valence-corrected chi connectivity index (χ3v) is 7.71. The molecule has 0 amide bonds. The van der Waals surface area contributed by atoms with Crippen LogP contribution in [0, 0.1) is 58.2 Å². The number of hydrogen-bond acceptors (Lipinski definition) is 4. The highest BCUT2D eigenvalue weighted by Gasteiger charge is 2.35. The molecule has 0 heterocycles. The van der Waals surface area contributed by atoms with Crippen molar-refractivity contribution in [1.82, 2.24) is 0 Å². The summed E-state index contributed by atoms with van der Waals surface area (Å²) >= 11 is 0. The van der Waals surface area contributed by atoms with E-state index in [2.05, 4.69) is 0 Å². The first-order valence-electron chi connectivity index (χ1n) is 8.07. The summed E-state index contributed by atoms with van der Waals surface area (Å²) in [6, 6.07) is 0. The summed E-state index contributed by atoms with van der Waals surface area (Å²) in [5.74, 6) is -30.5. The van der Waals surface area contributed by atoms with Gasteiger partial charge in [0.15, 0.2) is 67.3 Å². The average molecular weight is 564 g/mol. The second-order valence-corrected chi connectivity index (χ2v) is 10.3. The maximum atomic E-state index is 14.1. The summed E-state index contributed by atoms with van der Waals surface area (Å²) in [4.78, 5) is 0. The van der Waals surface area contributed by atoms with Crippen molar-refractivity contribution in [3.05, 3.63) is 79.9 Å². The highest BCUT2D eigenvalue weighted by Crippen LogP contribution is 2.33. The van der Waals surface area contributed by atoms with Gasteiger partial charge in [-0.25, -0.2) is 65.1 Å². The van der Waals surface area contributed by atoms with E-state index in [0.717, 1.165) is 0 Å². The zero-order valence-corrected chi connectivity index (χ0v) is 17.5. The minimum atomic E-state index is -6.15. The van der Waals surface area contributed by atoms with Crippen molar-refractivity contribution in [3.8, 4) is 0 Å². The summed E-state index contributed by atoms with van der Waals surface area (Å²) in [6.45, 7) is 0. The minimum Gasteiger partial charge on any atom is -0.223 e. The van der Waals surface area contributed by atoms with Crippen LogP contribution in [0.1, 0.15) is 11.1 Å². The van der Waals surface area contributed by atoms with Gasteiger partial charge in [-0.2, -0.15) is 4.39 Å². The Morgan fingerprint density at radius 1 is 0.571 bits per heavy atom. The molecule has 2 aromatic rings. The summed E-state index contributed by atoms with van der Waals surface area (Å²) in [7, 11) is -11.6. The van der Waals surface area contributed by atoms with E-state index in [1.807, 2.05) is 0 Å². The summed E-state index contributed by atoms with van der Waals surface area (Å²) in [5.41, 5.74) is -4.58. The number of hydrogen-bond donors (Lipinski definition) is 0. The van der Waals surface area contributed by atoms with Crippen molar-refractivity contribution in [2.24, 2.45) is 0 Å². The van der Waals surface area contributed by atoms with E-state index in [1.54, 1.807) is 0 Å². The van der Waals surface area contributed by atoms with Gasteiger partial charge in [0.1, 0.15) is 0 Å². The van der Waals surface area contributed by atoms with Crippen LogP contribution in [0.3, 0.4) is 0 Å². The Hall–Kier alpha value is -3.02. The van der Waals surface area contributed by atoms with Gasteiger partial charge in [-0.05, 0) is 6.08 Å². The zero-order valence-electron chi connectivity index (χ0n) is 15.8. The van der Waals surface area contributed by atoms with Gasteiger partial charge in [-0.15, -0.1) is 0 Å². The van der Waals surface area contributed by atoms with E-state index in [0.29, 0.717) is 0 Å². The molecule has 192 valence electrons. The Labute approximate surface area is 186 Å². The van der Waals surface area contributed by atoms with Gasteiger partial charge in [0, 0.05) is 5.41 Å². The first kappa shape index (κ1) is 28.2. The molecule has 0 N–H and O–H groups in total. The Balaban J connectivity index is 2.54. The zero-order chi connectivity index (χ0) is 27.2. The molecule has 18 heteroatoms. The molecule has 0 fully saturated rings. The van der Waals surface area contributed by atoms with E-state index in [1.165, 1.54) is 0 Å².